The first-order valence-corrected chi connectivity index (χ1v) is 9.10. The molecule has 2 unspecified atom stereocenters. The van der Waals surface area contributed by atoms with Gasteiger partial charge in [-0.2, -0.15) is 0 Å². The molecule has 21 heavy (non-hydrogen) atoms. The summed E-state index contributed by atoms with van der Waals surface area (Å²) in [6.45, 7) is 3.60. The minimum absolute atomic E-state index is 0.214. The fourth-order valence-corrected chi connectivity index (χ4v) is 4.30. The van der Waals surface area contributed by atoms with Crippen molar-refractivity contribution in [3.8, 4) is 0 Å². The lowest BCUT2D eigenvalue weighted by Gasteiger charge is -2.14. The van der Waals surface area contributed by atoms with Crippen LogP contribution in [0.1, 0.15) is 36.4 Å². The lowest BCUT2D eigenvalue weighted by Crippen LogP contribution is -2.26. The van der Waals surface area contributed by atoms with Crippen molar-refractivity contribution in [2.24, 2.45) is 5.73 Å². The molecular weight excluding hydrogens is 328 g/mol. The third-order valence-corrected chi connectivity index (χ3v) is 6.00. The Balaban J connectivity index is 2.24. The quantitative estimate of drug-likeness (QED) is 0.872. The van der Waals surface area contributed by atoms with Crippen LogP contribution in [-0.2, 0) is 10.0 Å². The fraction of sp³-hybridized carbons (Fsp3) is 0.286. The van der Waals surface area contributed by atoms with E-state index >= 15 is 0 Å². The Morgan fingerprint density at radius 2 is 1.95 bits per heavy atom. The molecule has 2 rings (SSSR count). The van der Waals surface area contributed by atoms with E-state index in [0.29, 0.717) is 4.34 Å². The molecular formula is C14H17ClN2O2S2. The zero-order valence-electron chi connectivity index (χ0n) is 11.7. The molecule has 0 fully saturated rings. The van der Waals surface area contributed by atoms with Crippen LogP contribution in [0.4, 0.5) is 0 Å². The lowest BCUT2D eigenvalue weighted by molar-refractivity contribution is 0.568. The molecule has 0 aliphatic carbocycles. The number of hydrogen-bond donors (Lipinski definition) is 2. The zero-order valence-corrected chi connectivity index (χ0v) is 14.1. The second-order valence-electron chi connectivity index (χ2n) is 4.85. The minimum Gasteiger partial charge on any atom is -0.324 e. The number of sulfonamides is 1. The summed E-state index contributed by atoms with van der Waals surface area (Å²) in [5, 5.41) is 0. The summed E-state index contributed by atoms with van der Waals surface area (Å²) in [5.41, 5.74) is 6.57. The normalized spacial score (nSPS) is 14.9. The van der Waals surface area contributed by atoms with Crippen LogP contribution >= 0.6 is 22.9 Å². The van der Waals surface area contributed by atoms with Crippen LogP contribution in [0.15, 0.2) is 41.3 Å². The number of benzene rings is 1. The molecule has 0 radical (unpaired) electrons. The first kappa shape index (κ1) is 16.5. The summed E-state index contributed by atoms with van der Waals surface area (Å²) in [6.07, 6.45) is 0. The largest absolute Gasteiger partial charge is 0.324 e. The molecule has 4 nitrogen and oxygen atoms in total. The molecule has 7 heteroatoms. The molecule has 0 saturated carbocycles. The van der Waals surface area contributed by atoms with Crippen molar-refractivity contribution in [3.05, 3.63) is 51.2 Å². The average Bonchev–Trinajstić information content (AvgIpc) is 2.85. The van der Waals surface area contributed by atoms with E-state index in [1.807, 2.05) is 19.1 Å². The van der Waals surface area contributed by atoms with Gasteiger partial charge in [0.25, 0.3) is 0 Å². The number of hydrogen-bond acceptors (Lipinski definition) is 4. The van der Waals surface area contributed by atoms with E-state index in [-0.39, 0.29) is 17.0 Å². The topological polar surface area (TPSA) is 72.2 Å². The maximum atomic E-state index is 12.4. The van der Waals surface area contributed by atoms with Crippen molar-refractivity contribution < 1.29 is 8.42 Å². The van der Waals surface area contributed by atoms with Crippen molar-refractivity contribution in [1.82, 2.24) is 4.72 Å². The molecule has 2 aromatic rings. The first-order valence-electron chi connectivity index (χ1n) is 6.42. The van der Waals surface area contributed by atoms with Crippen molar-refractivity contribution >= 4 is 33.0 Å². The molecule has 0 aliphatic heterocycles. The second kappa shape index (κ2) is 6.46. The monoisotopic (exact) mass is 344 g/mol. The summed E-state index contributed by atoms with van der Waals surface area (Å²) in [6, 6.07) is 9.68. The van der Waals surface area contributed by atoms with Crippen LogP contribution in [0.2, 0.25) is 4.34 Å². The molecule has 0 bridgehead atoms. The Morgan fingerprint density at radius 1 is 1.24 bits per heavy atom. The molecule has 0 amide bonds. The Bertz CT molecular complexity index is 726. The van der Waals surface area contributed by atoms with E-state index < -0.39 is 10.0 Å². The summed E-state index contributed by atoms with van der Waals surface area (Å²) < 4.78 is 28.1. The highest BCUT2D eigenvalue weighted by atomic mass is 35.5. The third kappa shape index (κ3) is 4.05. The van der Waals surface area contributed by atoms with Crippen LogP contribution in [-0.4, -0.2) is 8.42 Å². The standard InChI is InChI=1S/C14H17ClN2O2S2/c1-9(16)11-4-3-5-12(8-11)21(18,19)17-10(2)13-6-7-14(15)20-13/h3-10,17H,16H2,1-2H3. The van der Waals surface area contributed by atoms with Crippen LogP contribution < -0.4 is 10.5 Å². The predicted octanol–water partition coefficient (Wildman–Crippen LogP) is 3.46. The molecule has 3 N–H and O–H groups in total. The van der Waals surface area contributed by atoms with Crippen molar-refractivity contribution in [3.63, 3.8) is 0 Å². The summed E-state index contributed by atoms with van der Waals surface area (Å²) in [5.74, 6) is 0. The van der Waals surface area contributed by atoms with Gasteiger partial charge in [0.1, 0.15) is 0 Å². The van der Waals surface area contributed by atoms with Gasteiger partial charge in [0.05, 0.1) is 15.3 Å². The number of rotatable bonds is 5. The minimum atomic E-state index is -3.60. The highest BCUT2D eigenvalue weighted by Gasteiger charge is 2.20. The van der Waals surface area contributed by atoms with Gasteiger partial charge in [-0.1, -0.05) is 23.7 Å². The summed E-state index contributed by atoms with van der Waals surface area (Å²) in [7, 11) is -3.60. The highest BCUT2D eigenvalue weighted by molar-refractivity contribution is 7.89. The van der Waals surface area contributed by atoms with Gasteiger partial charge in [0.2, 0.25) is 10.0 Å². The predicted molar refractivity (Wildman–Crippen MR) is 87.1 cm³/mol. The molecule has 1 heterocycles. The smallest absolute Gasteiger partial charge is 0.241 e. The molecule has 114 valence electrons. The van der Waals surface area contributed by atoms with Gasteiger partial charge in [-0.25, -0.2) is 13.1 Å². The molecule has 0 aliphatic rings. The molecule has 0 spiro atoms. The van der Waals surface area contributed by atoms with Gasteiger partial charge in [0.15, 0.2) is 0 Å². The number of thiophene rings is 1. The third-order valence-electron chi connectivity index (χ3n) is 3.05. The van der Waals surface area contributed by atoms with Gasteiger partial charge in [-0.15, -0.1) is 11.3 Å². The van der Waals surface area contributed by atoms with E-state index in [2.05, 4.69) is 4.72 Å². The summed E-state index contributed by atoms with van der Waals surface area (Å²) in [4.78, 5) is 1.08. The van der Waals surface area contributed by atoms with Gasteiger partial charge in [-0.05, 0) is 43.7 Å². The molecule has 1 aromatic carbocycles. The highest BCUT2D eigenvalue weighted by Crippen LogP contribution is 2.28. The molecule has 1 aromatic heterocycles. The fourth-order valence-electron chi connectivity index (χ4n) is 1.88. The van der Waals surface area contributed by atoms with Gasteiger partial charge in [0, 0.05) is 10.9 Å². The van der Waals surface area contributed by atoms with E-state index in [9.17, 15) is 8.42 Å². The molecule has 0 saturated heterocycles. The van der Waals surface area contributed by atoms with Crippen LogP contribution in [0, 0.1) is 0 Å². The first-order chi connectivity index (χ1) is 9.79. The van der Waals surface area contributed by atoms with Gasteiger partial charge in [-0.3, -0.25) is 0 Å². The van der Waals surface area contributed by atoms with Crippen molar-refractivity contribution in [2.45, 2.75) is 30.8 Å². The van der Waals surface area contributed by atoms with Crippen LogP contribution in [0.3, 0.4) is 0 Å². The van der Waals surface area contributed by atoms with Gasteiger partial charge < -0.3 is 5.73 Å². The summed E-state index contributed by atoms with van der Waals surface area (Å²) >= 11 is 7.23. The Labute approximate surface area is 134 Å². The SMILES string of the molecule is CC(N)c1cccc(S(=O)(=O)NC(C)c2ccc(Cl)s2)c1. The Morgan fingerprint density at radius 3 is 2.52 bits per heavy atom. The number of nitrogens with one attached hydrogen (secondary N) is 1. The van der Waals surface area contributed by atoms with E-state index in [0.717, 1.165) is 10.4 Å². The van der Waals surface area contributed by atoms with Crippen LogP contribution in [0.25, 0.3) is 0 Å². The van der Waals surface area contributed by atoms with E-state index in [1.165, 1.54) is 11.3 Å². The molecule has 2 atom stereocenters. The maximum Gasteiger partial charge on any atom is 0.241 e. The number of halogens is 1. The van der Waals surface area contributed by atoms with Crippen molar-refractivity contribution in [2.75, 3.05) is 0 Å². The Kier molecular flexibility index (Phi) is 5.06. The average molecular weight is 345 g/mol. The zero-order chi connectivity index (χ0) is 15.6. The van der Waals surface area contributed by atoms with E-state index in [4.69, 9.17) is 17.3 Å². The second-order valence-corrected chi connectivity index (χ2v) is 8.31. The van der Waals surface area contributed by atoms with Crippen molar-refractivity contribution in [1.29, 1.82) is 0 Å². The van der Waals surface area contributed by atoms with Gasteiger partial charge >= 0.3 is 0 Å². The van der Waals surface area contributed by atoms with Crippen LogP contribution in [0.5, 0.6) is 0 Å². The lowest BCUT2D eigenvalue weighted by atomic mass is 10.1. The Hall–Kier alpha value is -0.920. The van der Waals surface area contributed by atoms with E-state index in [1.54, 1.807) is 31.2 Å². The maximum absolute atomic E-state index is 12.4. The number of nitrogens with two attached hydrogens (primary N) is 1.